The molecule has 0 radical (unpaired) electrons. The van der Waals surface area contributed by atoms with Crippen LogP contribution < -0.4 is 0 Å². The van der Waals surface area contributed by atoms with E-state index in [0.717, 1.165) is 19.6 Å². The zero-order valence-electron chi connectivity index (χ0n) is 18.9. The molecule has 1 atom stereocenters. The summed E-state index contributed by atoms with van der Waals surface area (Å²) in [6.45, 7) is 15.9. The molecule has 8 nitrogen and oxygen atoms in total. The second-order valence-corrected chi connectivity index (χ2v) is 6.46. The summed E-state index contributed by atoms with van der Waals surface area (Å²) in [5.41, 5.74) is 0. The second-order valence-electron chi connectivity index (χ2n) is 6.46. The Morgan fingerprint density at radius 3 is 0.966 bits per heavy atom. The van der Waals surface area contributed by atoms with Gasteiger partial charge in [-0.15, -0.1) is 0 Å². The summed E-state index contributed by atoms with van der Waals surface area (Å²) in [7, 11) is 0. The van der Waals surface area contributed by atoms with Gasteiger partial charge in [0.05, 0.1) is 92.5 Å². The highest BCUT2D eigenvalue weighted by molar-refractivity contribution is 4.46. The third-order valence-corrected chi connectivity index (χ3v) is 3.91. The Kier molecular flexibility index (Phi) is 25.4. The Hall–Kier alpha value is -0.320. The summed E-state index contributed by atoms with van der Waals surface area (Å²) in [5, 5.41) is 0. The lowest BCUT2D eigenvalue weighted by Crippen LogP contribution is -2.15. The lowest BCUT2D eigenvalue weighted by molar-refractivity contribution is -0.0236. The first-order valence-electron chi connectivity index (χ1n) is 10.9. The molecule has 29 heavy (non-hydrogen) atoms. The van der Waals surface area contributed by atoms with Gasteiger partial charge in [-0.1, -0.05) is 20.3 Å². The number of rotatable bonds is 25. The first kappa shape index (κ1) is 28.7. The molecule has 0 fully saturated rings. The molecular weight excluding hydrogens is 380 g/mol. The predicted octanol–water partition coefficient (Wildman–Crippen LogP) is 2.19. The van der Waals surface area contributed by atoms with Crippen molar-refractivity contribution in [2.75, 3.05) is 106 Å². The summed E-state index contributed by atoms with van der Waals surface area (Å²) in [6, 6.07) is 0. The quantitative estimate of drug-likeness (QED) is 0.207. The number of hydrogen-bond acceptors (Lipinski definition) is 8. The van der Waals surface area contributed by atoms with Crippen molar-refractivity contribution in [3.63, 3.8) is 0 Å². The van der Waals surface area contributed by atoms with Gasteiger partial charge >= 0.3 is 0 Å². The molecule has 0 heterocycles. The highest BCUT2D eigenvalue weighted by Gasteiger charge is 1.98. The summed E-state index contributed by atoms with van der Waals surface area (Å²) in [6.07, 6.45) is 1.14. The molecule has 0 amide bonds. The maximum atomic E-state index is 5.51. The highest BCUT2D eigenvalue weighted by atomic mass is 16.6. The zero-order chi connectivity index (χ0) is 21.3. The molecule has 176 valence electrons. The lowest BCUT2D eigenvalue weighted by atomic mass is 10.1. The predicted molar refractivity (Wildman–Crippen MR) is 112 cm³/mol. The fraction of sp³-hybridized carbons (Fsp3) is 1.00. The molecule has 0 aliphatic rings. The van der Waals surface area contributed by atoms with Gasteiger partial charge in [0.2, 0.25) is 0 Å². The molecule has 0 aromatic heterocycles. The van der Waals surface area contributed by atoms with Crippen LogP contribution in [-0.4, -0.2) is 106 Å². The van der Waals surface area contributed by atoms with E-state index in [1.54, 1.807) is 0 Å². The normalized spacial score (nSPS) is 12.5. The molecule has 8 heteroatoms. The van der Waals surface area contributed by atoms with E-state index in [9.17, 15) is 0 Å². The van der Waals surface area contributed by atoms with Crippen LogP contribution in [0.3, 0.4) is 0 Å². The Labute approximate surface area is 177 Å². The van der Waals surface area contributed by atoms with E-state index in [0.29, 0.717) is 98.4 Å². The molecule has 0 aromatic carbocycles. The van der Waals surface area contributed by atoms with E-state index < -0.39 is 0 Å². The van der Waals surface area contributed by atoms with Crippen molar-refractivity contribution < 1.29 is 37.9 Å². The molecule has 0 rings (SSSR count). The van der Waals surface area contributed by atoms with Crippen LogP contribution in [0.5, 0.6) is 0 Å². The van der Waals surface area contributed by atoms with Gasteiger partial charge in [0.15, 0.2) is 0 Å². The first-order chi connectivity index (χ1) is 14.3. The van der Waals surface area contributed by atoms with E-state index in [1.165, 1.54) is 0 Å². The van der Waals surface area contributed by atoms with E-state index in [4.69, 9.17) is 37.9 Å². The third kappa shape index (κ3) is 25.6. The van der Waals surface area contributed by atoms with Crippen molar-refractivity contribution in [1.29, 1.82) is 0 Å². The molecule has 1 unspecified atom stereocenters. The smallest absolute Gasteiger partial charge is 0.0701 e. The van der Waals surface area contributed by atoms with Crippen molar-refractivity contribution in [2.45, 2.75) is 27.2 Å². The molecule has 0 aliphatic carbocycles. The zero-order valence-corrected chi connectivity index (χ0v) is 18.9. The molecule has 0 spiro atoms. The van der Waals surface area contributed by atoms with Crippen LogP contribution >= 0.6 is 0 Å². The van der Waals surface area contributed by atoms with Crippen LogP contribution in [0.4, 0.5) is 0 Å². The van der Waals surface area contributed by atoms with Crippen LogP contribution in [0.25, 0.3) is 0 Å². The average molecular weight is 425 g/mol. The second kappa shape index (κ2) is 25.7. The highest BCUT2D eigenvalue weighted by Crippen LogP contribution is 1.99. The Bertz CT molecular complexity index is 294. The van der Waals surface area contributed by atoms with Crippen molar-refractivity contribution in [1.82, 2.24) is 0 Å². The van der Waals surface area contributed by atoms with E-state index >= 15 is 0 Å². The Morgan fingerprint density at radius 1 is 0.414 bits per heavy atom. The Balaban J connectivity index is 3.00. The topological polar surface area (TPSA) is 73.8 Å². The van der Waals surface area contributed by atoms with Crippen molar-refractivity contribution in [2.24, 2.45) is 5.92 Å². The van der Waals surface area contributed by atoms with Crippen LogP contribution in [0.15, 0.2) is 0 Å². The standard InChI is InChI=1S/C21H44O8/c1-4-21(3)20-29-19-18-28-17-16-27-15-14-26-13-12-25-11-10-24-9-8-23-7-6-22-5-2/h21H,4-20H2,1-3H3. The first-order valence-corrected chi connectivity index (χ1v) is 10.9. The van der Waals surface area contributed by atoms with Crippen LogP contribution in [0.1, 0.15) is 27.2 Å². The summed E-state index contributed by atoms with van der Waals surface area (Å²) in [4.78, 5) is 0. The van der Waals surface area contributed by atoms with Gasteiger partial charge in [-0.05, 0) is 12.8 Å². The van der Waals surface area contributed by atoms with Gasteiger partial charge in [0.25, 0.3) is 0 Å². The van der Waals surface area contributed by atoms with Gasteiger partial charge in [-0.25, -0.2) is 0 Å². The van der Waals surface area contributed by atoms with Crippen LogP contribution in [-0.2, 0) is 37.9 Å². The van der Waals surface area contributed by atoms with Gasteiger partial charge in [-0.2, -0.15) is 0 Å². The molecule has 0 aliphatic heterocycles. The fourth-order valence-corrected chi connectivity index (χ4v) is 1.98. The van der Waals surface area contributed by atoms with Crippen LogP contribution in [0, 0.1) is 5.92 Å². The van der Waals surface area contributed by atoms with Gasteiger partial charge in [-0.3, -0.25) is 0 Å². The molecule has 0 N–H and O–H groups in total. The molecule has 0 saturated heterocycles. The minimum absolute atomic E-state index is 0.550. The van der Waals surface area contributed by atoms with Crippen molar-refractivity contribution in [3.8, 4) is 0 Å². The minimum atomic E-state index is 0.550. The minimum Gasteiger partial charge on any atom is -0.379 e. The summed E-state index contributed by atoms with van der Waals surface area (Å²) < 4.78 is 43.2. The van der Waals surface area contributed by atoms with E-state index in [-0.39, 0.29) is 0 Å². The van der Waals surface area contributed by atoms with E-state index in [2.05, 4.69) is 13.8 Å². The van der Waals surface area contributed by atoms with Gasteiger partial charge in [0, 0.05) is 13.2 Å². The molecular formula is C21H44O8. The SMILES string of the molecule is CCOCCOCCOCCOCCOCCOCCOCCOCC(C)CC. The van der Waals surface area contributed by atoms with Crippen molar-refractivity contribution >= 4 is 0 Å². The number of ether oxygens (including phenoxy) is 8. The average Bonchev–Trinajstić information content (AvgIpc) is 2.74. The Morgan fingerprint density at radius 2 is 0.690 bits per heavy atom. The maximum absolute atomic E-state index is 5.51. The maximum Gasteiger partial charge on any atom is 0.0701 e. The molecule has 0 saturated carbocycles. The molecule has 0 bridgehead atoms. The monoisotopic (exact) mass is 424 g/mol. The number of hydrogen-bond donors (Lipinski definition) is 0. The van der Waals surface area contributed by atoms with Crippen LogP contribution in [0.2, 0.25) is 0 Å². The summed E-state index contributed by atoms with van der Waals surface area (Å²) >= 11 is 0. The third-order valence-electron chi connectivity index (χ3n) is 3.91. The fourth-order valence-electron chi connectivity index (χ4n) is 1.98. The molecule has 0 aromatic rings. The summed E-state index contributed by atoms with van der Waals surface area (Å²) in [5.74, 6) is 0.610. The largest absolute Gasteiger partial charge is 0.379 e. The van der Waals surface area contributed by atoms with Gasteiger partial charge in [0.1, 0.15) is 0 Å². The van der Waals surface area contributed by atoms with Gasteiger partial charge < -0.3 is 37.9 Å². The van der Waals surface area contributed by atoms with Crippen molar-refractivity contribution in [3.05, 3.63) is 0 Å². The van der Waals surface area contributed by atoms with E-state index in [1.807, 2.05) is 6.92 Å². The lowest BCUT2D eigenvalue weighted by Gasteiger charge is -2.10.